The number of carbonyl (C=O) groups is 1. The third kappa shape index (κ3) is 4.82. The Morgan fingerprint density at radius 3 is 2.69 bits per heavy atom. The molecule has 4 rings (SSSR count). The Labute approximate surface area is 207 Å². The highest BCUT2D eigenvalue weighted by Crippen LogP contribution is 2.39. The lowest BCUT2D eigenvalue weighted by atomic mass is 9.85. The zero-order valence-corrected chi connectivity index (χ0v) is 21.1. The van der Waals surface area contributed by atoms with Crippen molar-refractivity contribution in [2.24, 2.45) is 13.0 Å². The van der Waals surface area contributed by atoms with Gasteiger partial charge >= 0.3 is 5.69 Å². The van der Waals surface area contributed by atoms with E-state index in [0.29, 0.717) is 24.0 Å². The summed E-state index contributed by atoms with van der Waals surface area (Å²) in [6.45, 7) is 4.46. The van der Waals surface area contributed by atoms with Crippen molar-refractivity contribution in [3.05, 3.63) is 50.9 Å². The molecule has 3 heterocycles. The van der Waals surface area contributed by atoms with Crippen LogP contribution in [0.3, 0.4) is 0 Å². The van der Waals surface area contributed by atoms with E-state index in [0.717, 1.165) is 35.2 Å². The fourth-order valence-corrected chi connectivity index (χ4v) is 5.60. The van der Waals surface area contributed by atoms with Gasteiger partial charge in [-0.05, 0) is 37.3 Å². The molecule has 186 valence electrons. The van der Waals surface area contributed by atoms with Crippen LogP contribution >= 0.6 is 11.8 Å². The van der Waals surface area contributed by atoms with E-state index in [-0.39, 0.29) is 23.2 Å². The van der Waals surface area contributed by atoms with Crippen LogP contribution in [0.4, 0.5) is 5.82 Å². The average Bonchev–Trinajstić information content (AvgIpc) is 3.28. The number of ketones is 1. The van der Waals surface area contributed by atoms with Crippen molar-refractivity contribution in [3.63, 3.8) is 0 Å². The Kier molecular flexibility index (Phi) is 7.54. The van der Waals surface area contributed by atoms with Gasteiger partial charge in [-0.25, -0.2) is 4.79 Å². The van der Waals surface area contributed by atoms with E-state index in [4.69, 9.17) is 5.73 Å². The quantitative estimate of drug-likeness (QED) is 0.371. The van der Waals surface area contributed by atoms with Gasteiger partial charge in [-0.2, -0.15) is 0 Å². The Bertz CT molecular complexity index is 1330. The molecule has 0 aliphatic heterocycles. The molecule has 3 aromatic heterocycles. The average molecular weight is 498 g/mol. The van der Waals surface area contributed by atoms with Crippen LogP contribution in [0.25, 0.3) is 11.4 Å². The van der Waals surface area contributed by atoms with Crippen molar-refractivity contribution < 1.29 is 4.79 Å². The number of hydrogen-bond donors (Lipinski definition) is 1. The molecule has 0 bridgehead atoms. The molecule has 10 nitrogen and oxygen atoms in total. The van der Waals surface area contributed by atoms with E-state index in [1.807, 2.05) is 19.1 Å². The highest BCUT2D eigenvalue weighted by atomic mass is 32.2. The van der Waals surface area contributed by atoms with Gasteiger partial charge in [0.05, 0.1) is 5.75 Å². The van der Waals surface area contributed by atoms with Crippen LogP contribution in [-0.4, -0.2) is 40.4 Å². The Morgan fingerprint density at radius 2 is 2.00 bits per heavy atom. The van der Waals surface area contributed by atoms with Gasteiger partial charge in [0, 0.05) is 37.6 Å². The SMILES string of the molecule is CCCn1c(N)c(C(=O)CSc2nnc(-c3cccnc3)n2C2CCCCC2C)c(=O)n(C)c1=O. The van der Waals surface area contributed by atoms with E-state index in [1.54, 1.807) is 12.4 Å². The smallest absolute Gasteiger partial charge is 0.332 e. The van der Waals surface area contributed by atoms with Gasteiger partial charge in [0.1, 0.15) is 11.4 Å². The summed E-state index contributed by atoms with van der Waals surface area (Å²) in [6.07, 6.45) is 8.55. The number of rotatable bonds is 8. The van der Waals surface area contributed by atoms with Crippen LogP contribution in [0.2, 0.25) is 0 Å². The second-order valence-electron chi connectivity index (χ2n) is 9.02. The topological polar surface area (TPSA) is 131 Å². The van der Waals surface area contributed by atoms with Gasteiger partial charge in [-0.1, -0.05) is 38.5 Å². The first-order valence-electron chi connectivity index (χ1n) is 12.0. The molecule has 1 aliphatic carbocycles. The predicted octanol–water partition coefficient (Wildman–Crippen LogP) is 2.92. The summed E-state index contributed by atoms with van der Waals surface area (Å²) < 4.78 is 4.35. The van der Waals surface area contributed by atoms with Gasteiger partial charge in [0.25, 0.3) is 5.56 Å². The van der Waals surface area contributed by atoms with Crippen LogP contribution in [0, 0.1) is 5.92 Å². The maximum absolute atomic E-state index is 13.2. The normalized spacial score (nSPS) is 18.0. The van der Waals surface area contributed by atoms with Gasteiger partial charge in [0.2, 0.25) is 0 Å². The summed E-state index contributed by atoms with van der Waals surface area (Å²) in [7, 11) is 1.36. The molecule has 1 saturated carbocycles. The van der Waals surface area contributed by atoms with Crippen LogP contribution in [0.5, 0.6) is 0 Å². The zero-order chi connectivity index (χ0) is 25.1. The van der Waals surface area contributed by atoms with Gasteiger partial charge in [0.15, 0.2) is 16.8 Å². The first kappa shape index (κ1) is 24.9. The molecule has 35 heavy (non-hydrogen) atoms. The molecule has 2 unspecified atom stereocenters. The summed E-state index contributed by atoms with van der Waals surface area (Å²) in [6, 6.07) is 4.01. The summed E-state index contributed by atoms with van der Waals surface area (Å²) in [5.74, 6) is 0.594. The van der Waals surface area contributed by atoms with Gasteiger partial charge in [-0.3, -0.25) is 28.3 Å². The van der Waals surface area contributed by atoms with E-state index in [1.165, 1.54) is 29.8 Å². The monoisotopic (exact) mass is 497 g/mol. The highest BCUT2D eigenvalue weighted by Gasteiger charge is 2.29. The van der Waals surface area contributed by atoms with Crippen molar-refractivity contribution in [1.82, 2.24) is 28.9 Å². The summed E-state index contributed by atoms with van der Waals surface area (Å²) in [4.78, 5) is 42.6. The lowest BCUT2D eigenvalue weighted by Crippen LogP contribution is -2.42. The second kappa shape index (κ2) is 10.6. The molecule has 0 saturated heterocycles. The first-order chi connectivity index (χ1) is 16.8. The number of Topliss-reactive ketones (excluding diaryl/α,β-unsaturated/α-hetero) is 1. The number of aromatic nitrogens is 6. The van der Waals surface area contributed by atoms with Crippen LogP contribution in [0.15, 0.2) is 39.3 Å². The molecule has 3 aromatic rings. The third-order valence-corrected chi connectivity index (χ3v) is 7.57. The number of nitrogens with two attached hydrogens (primary N) is 1. The maximum Gasteiger partial charge on any atom is 0.332 e. The summed E-state index contributed by atoms with van der Waals surface area (Å²) in [5, 5.41) is 9.49. The molecule has 0 aromatic carbocycles. The van der Waals surface area contributed by atoms with Crippen molar-refractivity contribution in [2.45, 2.75) is 63.7 Å². The number of carbonyl (C=O) groups excluding carboxylic acids is 1. The molecule has 1 aliphatic rings. The molecule has 1 fully saturated rings. The molecule has 2 N–H and O–H groups in total. The minimum absolute atomic E-state index is 0.0456. The van der Waals surface area contributed by atoms with Crippen molar-refractivity contribution in [1.29, 1.82) is 0 Å². The Morgan fingerprint density at radius 1 is 1.23 bits per heavy atom. The fraction of sp³-hybridized carbons (Fsp3) is 0.500. The molecule has 11 heteroatoms. The third-order valence-electron chi connectivity index (χ3n) is 6.62. The number of nitrogens with zero attached hydrogens (tertiary/aromatic N) is 6. The lowest BCUT2D eigenvalue weighted by molar-refractivity contribution is 0.102. The molecule has 0 radical (unpaired) electrons. The van der Waals surface area contributed by atoms with Crippen molar-refractivity contribution >= 4 is 23.4 Å². The first-order valence-corrected chi connectivity index (χ1v) is 12.9. The zero-order valence-electron chi connectivity index (χ0n) is 20.3. The minimum atomic E-state index is -0.677. The number of pyridine rings is 1. The van der Waals surface area contributed by atoms with E-state index >= 15 is 0 Å². The Balaban J connectivity index is 1.68. The maximum atomic E-state index is 13.2. The lowest BCUT2D eigenvalue weighted by Gasteiger charge is -2.31. The van der Waals surface area contributed by atoms with Crippen LogP contribution < -0.4 is 17.0 Å². The molecule has 0 amide bonds. The number of hydrogen-bond acceptors (Lipinski definition) is 8. The largest absolute Gasteiger partial charge is 0.384 e. The second-order valence-corrected chi connectivity index (χ2v) is 9.96. The molecule has 2 atom stereocenters. The van der Waals surface area contributed by atoms with Crippen LogP contribution in [-0.2, 0) is 13.6 Å². The van der Waals surface area contributed by atoms with E-state index in [9.17, 15) is 14.4 Å². The number of anilines is 1. The Hall–Kier alpha value is -3.21. The van der Waals surface area contributed by atoms with Gasteiger partial charge < -0.3 is 5.73 Å². The van der Waals surface area contributed by atoms with E-state index in [2.05, 4.69) is 26.7 Å². The minimum Gasteiger partial charge on any atom is -0.384 e. The molecular weight excluding hydrogens is 466 g/mol. The van der Waals surface area contributed by atoms with E-state index < -0.39 is 17.0 Å². The predicted molar refractivity (Wildman–Crippen MR) is 136 cm³/mol. The summed E-state index contributed by atoms with van der Waals surface area (Å²) in [5.41, 5.74) is 5.64. The summed E-state index contributed by atoms with van der Waals surface area (Å²) >= 11 is 1.24. The fourth-order valence-electron chi connectivity index (χ4n) is 4.73. The van der Waals surface area contributed by atoms with Crippen molar-refractivity contribution in [2.75, 3.05) is 11.5 Å². The highest BCUT2D eigenvalue weighted by molar-refractivity contribution is 7.99. The van der Waals surface area contributed by atoms with Crippen molar-refractivity contribution in [3.8, 4) is 11.4 Å². The standard InChI is InChI=1S/C24H31N7O3S/c1-4-12-30-20(25)19(22(33)29(3)24(30)34)18(32)14-35-23-28-27-21(16-9-7-11-26-13-16)31(23)17-10-6-5-8-15(17)2/h7,9,11,13,15,17H,4-6,8,10,12,14,25H2,1-3H3. The van der Waals surface area contributed by atoms with Crippen LogP contribution in [0.1, 0.15) is 62.4 Å². The van der Waals surface area contributed by atoms with Gasteiger partial charge in [-0.15, -0.1) is 10.2 Å². The number of thioether (sulfide) groups is 1. The molecule has 0 spiro atoms. The molecular formula is C24H31N7O3S. The number of nitrogen functional groups attached to an aromatic ring is 1.